The SMILES string of the molecule is COC(C)CS(=O)(=O)Nc1cc(N2CCNC2=O)ccc1Cl. The van der Waals surface area contributed by atoms with E-state index in [1.165, 1.54) is 12.0 Å². The van der Waals surface area contributed by atoms with Crippen molar-refractivity contribution in [3.05, 3.63) is 23.2 Å². The third kappa shape index (κ3) is 4.02. The second-order valence-electron chi connectivity index (χ2n) is 4.98. The third-order valence-corrected chi connectivity index (χ3v) is 5.01. The fourth-order valence-corrected chi connectivity index (χ4v) is 3.63. The molecule has 1 aromatic rings. The number of anilines is 2. The number of carbonyl (C=O) groups excluding carboxylic acids is 1. The van der Waals surface area contributed by atoms with Crippen molar-refractivity contribution in [2.75, 3.05) is 35.6 Å². The molecule has 1 heterocycles. The molecule has 1 unspecified atom stereocenters. The van der Waals surface area contributed by atoms with Crippen LogP contribution in [0.3, 0.4) is 0 Å². The summed E-state index contributed by atoms with van der Waals surface area (Å²) in [5.74, 6) is -0.186. The molecule has 1 aromatic carbocycles. The zero-order chi connectivity index (χ0) is 16.3. The molecule has 2 rings (SSSR count). The van der Waals surface area contributed by atoms with Crippen LogP contribution in [0.4, 0.5) is 16.2 Å². The number of rotatable bonds is 6. The number of halogens is 1. The van der Waals surface area contributed by atoms with E-state index in [1.54, 1.807) is 25.1 Å². The lowest BCUT2D eigenvalue weighted by Crippen LogP contribution is -2.28. The summed E-state index contributed by atoms with van der Waals surface area (Å²) in [6.07, 6.45) is -0.441. The van der Waals surface area contributed by atoms with E-state index in [1.807, 2.05) is 0 Å². The highest BCUT2D eigenvalue weighted by atomic mass is 35.5. The number of methoxy groups -OCH3 is 1. The Labute approximate surface area is 134 Å². The summed E-state index contributed by atoms with van der Waals surface area (Å²) in [4.78, 5) is 13.2. The molecular weight excluding hydrogens is 330 g/mol. The first-order valence-electron chi connectivity index (χ1n) is 6.70. The average molecular weight is 348 g/mol. The first kappa shape index (κ1) is 16.9. The Bertz CT molecular complexity index is 665. The number of carbonyl (C=O) groups is 1. The number of amides is 2. The van der Waals surface area contributed by atoms with E-state index in [9.17, 15) is 13.2 Å². The van der Waals surface area contributed by atoms with Gasteiger partial charge in [-0.2, -0.15) is 0 Å². The minimum Gasteiger partial charge on any atom is -0.381 e. The van der Waals surface area contributed by atoms with E-state index in [-0.39, 0.29) is 22.5 Å². The van der Waals surface area contributed by atoms with Gasteiger partial charge >= 0.3 is 6.03 Å². The predicted octanol–water partition coefficient (Wildman–Crippen LogP) is 1.65. The number of urea groups is 1. The highest BCUT2D eigenvalue weighted by Crippen LogP contribution is 2.29. The van der Waals surface area contributed by atoms with Gasteiger partial charge in [-0.25, -0.2) is 13.2 Å². The number of nitrogens with one attached hydrogen (secondary N) is 2. The third-order valence-electron chi connectivity index (χ3n) is 3.24. The molecule has 1 aliphatic heterocycles. The van der Waals surface area contributed by atoms with E-state index >= 15 is 0 Å². The topological polar surface area (TPSA) is 87.7 Å². The van der Waals surface area contributed by atoms with Gasteiger partial charge in [0.25, 0.3) is 0 Å². The van der Waals surface area contributed by atoms with Crippen molar-refractivity contribution in [2.24, 2.45) is 0 Å². The Morgan fingerprint density at radius 1 is 1.50 bits per heavy atom. The zero-order valence-corrected chi connectivity index (χ0v) is 13.9. The maximum absolute atomic E-state index is 12.1. The number of sulfonamides is 1. The lowest BCUT2D eigenvalue weighted by Gasteiger charge is -2.17. The quantitative estimate of drug-likeness (QED) is 0.819. The van der Waals surface area contributed by atoms with Gasteiger partial charge in [-0.3, -0.25) is 9.62 Å². The molecule has 2 N–H and O–H groups in total. The van der Waals surface area contributed by atoms with Crippen molar-refractivity contribution >= 4 is 39.0 Å². The maximum atomic E-state index is 12.1. The Morgan fingerprint density at radius 3 is 2.82 bits per heavy atom. The van der Waals surface area contributed by atoms with Crippen molar-refractivity contribution < 1.29 is 17.9 Å². The van der Waals surface area contributed by atoms with Crippen LogP contribution >= 0.6 is 11.6 Å². The Morgan fingerprint density at radius 2 is 2.23 bits per heavy atom. The molecule has 0 radical (unpaired) electrons. The summed E-state index contributed by atoms with van der Waals surface area (Å²) in [5, 5.41) is 2.94. The highest BCUT2D eigenvalue weighted by molar-refractivity contribution is 7.92. The molecule has 0 bridgehead atoms. The van der Waals surface area contributed by atoms with Gasteiger partial charge in [0, 0.05) is 25.9 Å². The predicted molar refractivity (Wildman–Crippen MR) is 86.1 cm³/mol. The molecule has 22 heavy (non-hydrogen) atoms. The van der Waals surface area contributed by atoms with Crippen LogP contribution in [0.1, 0.15) is 6.92 Å². The van der Waals surface area contributed by atoms with Crippen molar-refractivity contribution in [2.45, 2.75) is 13.0 Å². The highest BCUT2D eigenvalue weighted by Gasteiger charge is 2.23. The minimum absolute atomic E-state index is 0.186. The van der Waals surface area contributed by atoms with Gasteiger partial charge in [0.2, 0.25) is 10.0 Å². The van der Waals surface area contributed by atoms with Crippen molar-refractivity contribution in [3.63, 3.8) is 0 Å². The molecule has 9 heteroatoms. The fourth-order valence-electron chi connectivity index (χ4n) is 2.06. The molecule has 0 aliphatic carbocycles. The smallest absolute Gasteiger partial charge is 0.321 e. The second kappa shape index (κ2) is 6.72. The minimum atomic E-state index is -3.60. The van der Waals surface area contributed by atoms with E-state index in [2.05, 4.69) is 10.0 Å². The van der Waals surface area contributed by atoms with Crippen LogP contribution in [0.25, 0.3) is 0 Å². The summed E-state index contributed by atoms with van der Waals surface area (Å²) >= 11 is 6.04. The molecular formula is C13H18ClN3O4S. The van der Waals surface area contributed by atoms with Crippen molar-refractivity contribution in [3.8, 4) is 0 Å². The molecule has 0 spiro atoms. The lowest BCUT2D eigenvalue weighted by molar-refractivity contribution is 0.136. The van der Waals surface area contributed by atoms with Crippen LogP contribution in [0.15, 0.2) is 18.2 Å². The Kier molecular flexibility index (Phi) is 5.15. The zero-order valence-electron chi connectivity index (χ0n) is 12.3. The summed E-state index contributed by atoms with van der Waals surface area (Å²) in [5.41, 5.74) is 0.819. The van der Waals surface area contributed by atoms with Crippen LogP contribution in [-0.2, 0) is 14.8 Å². The molecule has 1 fully saturated rings. The number of benzene rings is 1. The van der Waals surface area contributed by atoms with Crippen LogP contribution in [0.5, 0.6) is 0 Å². The molecule has 122 valence electrons. The summed E-state index contributed by atoms with van der Waals surface area (Å²) in [6.45, 7) is 2.73. The molecule has 1 saturated heterocycles. The molecule has 7 nitrogen and oxygen atoms in total. The van der Waals surface area contributed by atoms with E-state index < -0.39 is 16.1 Å². The summed E-state index contributed by atoms with van der Waals surface area (Å²) in [6, 6.07) is 4.55. The largest absolute Gasteiger partial charge is 0.381 e. The van der Waals surface area contributed by atoms with Gasteiger partial charge in [0.1, 0.15) is 0 Å². The first-order chi connectivity index (χ1) is 10.3. The summed E-state index contributed by atoms with van der Waals surface area (Å²) in [7, 11) is -2.16. The number of hydrogen-bond donors (Lipinski definition) is 2. The summed E-state index contributed by atoms with van der Waals surface area (Å²) < 4.78 is 31.5. The molecule has 1 atom stereocenters. The lowest BCUT2D eigenvalue weighted by atomic mass is 10.2. The van der Waals surface area contributed by atoms with Crippen LogP contribution in [0, 0.1) is 0 Å². The van der Waals surface area contributed by atoms with Gasteiger partial charge in [-0.1, -0.05) is 11.6 Å². The van der Waals surface area contributed by atoms with E-state index in [4.69, 9.17) is 16.3 Å². The number of nitrogens with zero attached hydrogens (tertiary/aromatic N) is 1. The maximum Gasteiger partial charge on any atom is 0.321 e. The van der Waals surface area contributed by atoms with Crippen molar-refractivity contribution in [1.29, 1.82) is 0 Å². The van der Waals surface area contributed by atoms with E-state index in [0.29, 0.717) is 18.8 Å². The fraction of sp³-hybridized carbons (Fsp3) is 0.462. The number of ether oxygens (including phenoxy) is 1. The Hall–Kier alpha value is -1.51. The Balaban J connectivity index is 2.22. The number of hydrogen-bond acceptors (Lipinski definition) is 4. The average Bonchev–Trinajstić information content (AvgIpc) is 2.86. The van der Waals surface area contributed by atoms with Crippen LogP contribution in [-0.4, -0.2) is 46.5 Å². The van der Waals surface area contributed by atoms with Gasteiger partial charge in [-0.05, 0) is 25.1 Å². The molecule has 2 amide bonds. The van der Waals surface area contributed by atoms with Gasteiger partial charge in [0.15, 0.2) is 0 Å². The van der Waals surface area contributed by atoms with Gasteiger partial charge in [-0.15, -0.1) is 0 Å². The van der Waals surface area contributed by atoms with Crippen molar-refractivity contribution in [1.82, 2.24) is 5.32 Å². The normalized spacial score (nSPS) is 16.5. The second-order valence-corrected chi connectivity index (χ2v) is 7.15. The molecule has 0 aromatic heterocycles. The first-order valence-corrected chi connectivity index (χ1v) is 8.73. The molecule has 1 aliphatic rings. The molecule has 0 saturated carbocycles. The van der Waals surface area contributed by atoms with Gasteiger partial charge < -0.3 is 10.1 Å². The monoisotopic (exact) mass is 347 g/mol. The van der Waals surface area contributed by atoms with Crippen LogP contribution in [0.2, 0.25) is 5.02 Å². The van der Waals surface area contributed by atoms with Gasteiger partial charge in [0.05, 0.1) is 22.6 Å². The van der Waals surface area contributed by atoms with E-state index in [0.717, 1.165) is 0 Å². The standard InChI is InChI=1S/C13H18ClN3O4S/c1-9(21-2)8-22(19,20)16-12-7-10(3-4-11(12)14)17-6-5-15-13(17)18/h3-4,7,9,16H,5-6,8H2,1-2H3,(H,15,18). The van der Waals surface area contributed by atoms with Crippen LogP contribution < -0.4 is 14.9 Å².